The third-order valence-electron chi connectivity index (χ3n) is 5.46. The molecule has 0 unspecified atom stereocenters. The van der Waals surface area contributed by atoms with Gasteiger partial charge in [-0.15, -0.1) is 0 Å². The van der Waals surface area contributed by atoms with Crippen LogP contribution in [-0.2, 0) is 19.6 Å². The largest absolute Gasteiger partial charge is 0.489 e. The van der Waals surface area contributed by atoms with Gasteiger partial charge in [-0.3, -0.25) is 9.36 Å². The molecule has 1 amide bonds. The SMILES string of the molecule is CC(C)Oc1ccc(S(=O)(=O)N2CCOCC2)cc1NC(=O)[C@@H](C)n1c(=O)oc2ccccc21. The summed E-state index contributed by atoms with van der Waals surface area (Å²) in [5.74, 6) is -0.866. The van der Waals surface area contributed by atoms with Gasteiger partial charge in [0.1, 0.15) is 11.8 Å². The summed E-state index contributed by atoms with van der Waals surface area (Å²) in [6, 6.07) is 10.2. The van der Waals surface area contributed by atoms with Gasteiger partial charge in [-0.25, -0.2) is 13.2 Å². The Morgan fingerprint density at radius 1 is 1.09 bits per heavy atom. The van der Waals surface area contributed by atoms with Crippen LogP contribution in [0.4, 0.5) is 5.69 Å². The number of carbonyl (C=O) groups is 1. The second-order valence-corrected chi connectivity index (χ2v) is 10.1. The third kappa shape index (κ3) is 4.72. The minimum Gasteiger partial charge on any atom is -0.489 e. The Labute approximate surface area is 197 Å². The fourth-order valence-electron chi connectivity index (χ4n) is 3.77. The second-order valence-electron chi connectivity index (χ2n) is 8.21. The molecule has 3 aromatic rings. The Balaban J connectivity index is 1.67. The number of amides is 1. The molecule has 1 aliphatic heterocycles. The Bertz CT molecular complexity index is 1350. The molecule has 1 N–H and O–H groups in total. The average Bonchev–Trinajstić information content (AvgIpc) is 3.15. The lowest BCUT2D eigenvalue weighted by Crippen LogP contribution is -2.40. The lowest BCUT2D eigenvalue weighted by Gasteiger charge is -2.26. The van der Waals surface area contributed by atoms with Gasteiger partial charge in [0.15, 0.2) is 5.58 Å². The number of nitrogens with one attached hydrogen (secondary N) is 1. The van der Waals surface area contributed by atoms with Gasteiger partial charge >= 0.3 is 5.76 Å². The molecule has 1 atom stereocenters. The van der Waals surface area contributed by atoms with Crippen molar-refractivity contribution in [3.8, 4) is 5.75 Å². The molecule has 0 aliphatic carbocycles. The molecule has 1 aromatic heterocycles. The van der Waals surface area contributed by atoms with Crippen LogP contribution in [0.3, 0.4) is 0 Å². The first-order chi connectivity index (χ1) is 16.2. The predicted molar refractivity (Wildman–Crippen MR) is 126 cm³/mol. The fraction of sp³-hybridized carbons (Fsp3) is 0.391. The van der Waals surface area contributed by atoms with E-state index in [0.29, 0.717) is 30.1 Å². The molecule has 0 spiro atoms. The zero-order valence-corrected chi connectivity index (χ0v) is 20.0. The smallest absolute Gasteiger partial charge is 0.420 e. The van der Waals surface area contributed by atoms with Crippen LogP contribution in [0.1, 0.15) is 26.8 Å². The van der Waals surface area contributed by atoms with Crippen LogP contribution in [0.15, 0.2) is 56.6 Å². The number of nitrogens with zero attached hydrogens (tertiary/aromatic N) is 2. The number of rotatable bonds is 7. The summed E-state index contributed by atoms with van der Waals surface area (Å²) in [4.78, 5) is 25.6. The monoisotopic (exact) mass is 489 g/mol. The lowest BCUT2D eigenvalue weighted by molar-refractivity contribution is -0.118. The maximum absolute atomic E-state index is 13.2. The first-order valence-electron chi connectivity index (χ1n) is 11.0. The Kier molecular flexibility index (Phi) is 6.78. The van der Waals surface area contributed by atoms with E-state index in [1.807, 2.05) is 13.8 Å². The number of para-hydroxylation sites is 2. The van der Waals surface area contributed by atoms with Crippen molar-refractivity contribution in [2.75, 3.05) is 31.6 Å². The van der Waals surface area contributed by atoms with E-state index in [4.69, 9.17) is 13.9 Å². The van der Waals surface area contributed by atoms with Gasteiger partial charge in [0.05, 0.1) is 35.4 Å². The molecule has 0 saturated carbocycles. The van der Waals surface area contributed by atoms with Crippen molar-refractivity contribution in [1.82, 2.24) is 8.87 Å². The van der Waals surface area contributed by atoms with Crippen molar-refractivity contribution in [2.45, 2.75) is 37.8 Å². The Morgan fingerprint density at radius 2 is 1.79 bits per heavy atom. The highest BCUT2D eigenvalue weighted by atomic mass is 32.2. The van der Waals surface area contributed by atoms with Gasteiger partial charge in [-0.1, -0.05) is 12.1 Å². The molecule has 2 heterocycles. The van der Waals surface area contributed by atoms with E-state index >= 15 is 0 Å². The summed E-state index contributed by atoms with van der Waals surface area (Å²) in [6.45, 7) is 6.36. The van der Waals surface area contributed by atoms with Crippen molar-refractivity contribution in [3.63, 3.8) is 0 Å². The molecule has 0 bridgehead atoms. The number of benzene rings is 2. The highest BCUT2D eigenvalue weighted by Gasteiger charge is 2.28. The van der Waals surface area contributed by atoms with Gasteiger partial charge in [0.2, 0.25) is 15.9 Å². The van der Waals surface area contributed by atoms with E-state index in [1.54, 1.807) is 31.2 Å². The number of morpholine rings is 1. The number of aromatic nitrogens is 1. The molecule has 4 rings (SSSR count). The summed E-state index contributed by atoms with van der Waals surface area (Å²) in [5, 5.41) is 2.74. The molecule has 1 aliphatic rings. The van der Waals surface area contributed by atoms with E-state index in [2.05, 4.69) is 5.32 Å². The zero-order valence-electron chi connectivity index (χ0n) is 19.2. The number of sulfonamides is 1. The lowest BCUT2D eigenvalue weighted by atomic mass is 10.2. The quantitative estimate of drug-likeness (QED) is 0.542. The highest BCUT2D eigenvalue weighted by molar-refractivity contribution is 7.89. The van der Waals surface area contributed by atoms with E-state index in [1.165, 1.54) is 27.1 Å². The van der Waals surface area contributed by atoms with Crippen molar-refractivity contribution in [3.05, 3.63) is 53.0 Å². The van der Waals surface area contributed by atoms with E-state index in [9.17, 15) is 18.0 Å². The summed E-state index contributed by atoms with van der Waals surface area (Å²) in [7, 11) is -3.79. The summed E-state index contributed by atoms with van der Waals surface area (Å²) in [5.41, 5.74) is 1.05. The number of ether oxygens (including phenoxy) is 2. The minimum absolute atomic E-state index is 0.0272. The van der Waals surface area contributed by atoms with Crippen molar-refractivity contribution < 1.29 is 27.1 Å². The predicted octanol–water partition coefficient (Wildman–Crippen LogP) is 2.60. The van der Waals surface area contributed by atoms with Crippen molar-refractivity contribution in [1.29, 1.82) is 0 Å². The Hall–Kier alpha value is -3.15. The minimum atomic E-state index is -3.79. The standard InChI is InChI=1S/C23H27N3O7S/c1-15(2)32-20-9-8-17(34(29,30)25-10-12-31-13-11-25)14-18(20)24-22(27)16(3)26-19-6-4-5-7-21(19)33-23(26)28/h4-9,14-16H,10-13H2,1-3H3,(H,24,27)/t16-/m1/s1. The number of oxazole rings is 1. The number of fused-ring (bicyclic) bond motifs is 1. The van der Waals surface area contributed by atoms with Crippen LogP contribution in [-0.4, -0.2) is 55.6 Å². The second kappa shape index (κ2) is 9.61. The molecule has 182 valence electrons. The van der Waals surface area contributed by atoms with Gasteiger partial charge < -0.3 is 19.2 Å². The average molecular weight is 490 g/mol. The van der Waals surface area contributed by atoms with Crippen LogP contribution in [0.25, 0.3) is 11.1 Å². The van der Waals surface area contributed by atoms with Crippen LogP contribution < -0.4 is 15.8 Å². The van der Waals surface area contributed by atoms with E-state index in [0.717, 1.165) is 0 Å². The van der Waals surface area contributed by atoms with E-state index in [-0.39, 0.29) is 29.8 Å². The molecule has 0 radical (unpaired) electrons. The maximum atomic E-state index is 13.2. The van der Waals surface area contributed by atoms with Crippen molar-refractivity contribution in [2.24, 2.45) is 0 Å². The van der Waals surface area contributed by atoms with Crippen molar-refractivity contribution >= 4 is 32.7 Å². The van der Waals surface area contributed by atoms with Gasteiger partial charge in [0.25, 0.3) is 0 Å². The van der Waals surface area contributed by atoms with Gasteiger partial charge in [0, 0.05) is 13.1 Å². The summed E-state index contributed by atoms with van der Waals surface area (Å²) >= 11 is 0. The van der Waals surface area contributed by atoms with Crippen LogP contribution >= 0.6 is 0 Å². The summed E-state index contributed by atoms with van der Waals surface area (Å²) < 4.78 is 45.1. The van der Waals surface area contributed by atoms with Crippen LogP contribution in [0.5, 0.6) is 5.75 Å². The maximum Gasteiger partial charge on any atom is 0.420 e. The third-order valence-corrected chi connectivity index (χ3v) is 7.36. The fourth-order valence-corrected chi connectivity index (χ4v) is 5.20. The number of hydrogen-bond donors (Lipinski definition) is 1. The Morgan fingerprint density at radius 3 is 2.50 bits per heavy atom. The molecular weight excluding hydrogens is 462 g/mol. The number of carbonyl (C=O) groups excluding carboxylic acids is 1. The van der Waals surface area contributed by atoms with Gasteiger partial charge in [-0.05, 0) is 51.1 Å². The topological polar surface area (TPSA) is 120 Å². The molecule has 1 saturated heterocycles. The molecular formula is C23H27N3O7S. The molecule has 1 fully saturated rings. The van der Waals surface area contributed by atoms with Crippen LogP contribution in [0, 0.1) is 0 Å². The normalized spacial score (nSPS) is 16.0. The first kappa shape index (κ1) is 24.0. The highest BCUT2D eigenvalue weighted by Crippen LogP contribution is 2.31. The molecule has 10 nitrogen and oxygen atoms in total. The number of anilines is 1. The summed E-state index contributed by atoms with van der Waals surface area (Å²) in [6.07, 6.45) is -0.213. The molecule has 2 aromatic carbocycles. The molecule has 34 heavy (non-hydrogen) atoms. The van der Waals surface area contributed by atoms with Crippen LogP contribution in [0.2, 0.25) is 0 Å². The first-order valence-corrected chi connectivity index (χ1v) is 12.4. The zero-order chi connectivity index (χ0) is 24.5. The van der Waals surface area contributed by atoms with E-state index < -0.39 is 27.7 Å². The number of hydrogen-bond acceptors (Lipinski definition) is 7. The molecule has 11 heteroatoms. The van der Waals surface area contributed by atoms with Gasteiger partial charge in [-0.2, -0.15) is 4.31 Å².